The van der Waals surface area contributed by atoms with Gasteiger partial charge in [0.05, 0.1) is 0 Å². The molecule has 7 nitrogen and oxygen atoms in total. The lowest BCUT2D eigenvalue weighted by atomic mass is 9.99. The number of nitrogens with zero attached hydrogens (tertiary/aromatic N) is 3. The van der Waals surface area contributed by atoms with Gasteiger partial charge in [0.2, 0.25) is 0 Å². The molecule has 1 unspecified atom stereocenters. The number of carboxylic acids is 1. The predicted molar refractivity (Wildman–Crippen MR) is 91.3 cm³/mol. The van der Waals surface area contributed by atoms with Gasteiger partial charge < -0.3 is 20.1 Å². The van der Waals surface area contributed by atoms with E-state index in [2.05, 4.69) is 14.5 Å². The number of nitrogens with two attached hydrogens (primary N) is 1. The molecule has 3 rings (SSSR count). The molecule has 3 heterocycles. The molecule has 0 saturated carbocycles. The second kappa shape index (κ2) is 9.02. The van der Waals surface area contributed by atoms with Crippen LogP contribution < -0.4 is 5.73 Å². The average molecular weight is 332 g/mol. The number of imidazole rings is 1. The van der Waals surface area contributed by atoms with E-state index in [1.165, 1.54) is 12.8 Å². The predicted octanol–water partition coefficient (Wildman–Crippen LogP) is 2.43. The Hall–Kier alpha value is -2.41. The molecule has 1 fully saturated rings. The Morgan fingerprint density at radius 2 is 2.25 bits per heavy atom. The van der Waals surface area contributed by atoms with Crippen LogP contribution in [0.15, 0.2) is 30.7 Å². The third-order valence-electron chi connectivity index (χ3n) is 3.79. The normalized spacial score (nSPS) is 17.0. The number of anilines is 1. The van der Waals surface area contributed by atoms with E-state index in [4.69, 9.17) is 20.4 Å². The number of carboxylic acid groups (broad SMARTS) is 1. The van der Waals surface area contributed by atoms with Crippen LogP contribution in [0.25, 0.3) is 11.4 Å². The van der Waals surface area contributed by atoms with Gasteiger partial charge in [-0.3, -0.25) is 4.79 Å². The van der Waals surface area contributed by atoms with Crippen LogP contribution in [0.2, 0.25) is 0 Å². The number of rotatable bonds is 4. The summed E-state index contributed by atoms with van der Waals surface area (Å²) in [6.45, 7) is 3.86. The summed E-state index contributed by atoms with van der Waals surface area (Å²) in [5.41, 5.74) is 6.76. The minimum absolute atomic E-state index is 0.526. The largest absolute Gasteiger partial charge is 0.481 e. The van der Waals surface area contributed by atoms with Gasteiger partial charge in [-0.1, -0.05) is 0 Å². The smallest absolute Gasteiger partial charge is 0.300 e. The van der Waals surface area contributed by atoms with Crippen molar-refractivity contribution < 1.29 is 14.6 Å². The molecule has 1 aliphatic heterocycles. The standard InChI is InChI=1S/C15H20N4O.C2H4O2/c16-14-10-13(3-5-17-14)15-18-6-8-19(15)7-4-12-2-1-9-20-11-12;1-2(3)4/h3,5-6,8,10,12H,1-2,4,7,9,11H2,(H2,16,17);1H3,(H,3,4). The first-order valence-corrected chi connectivity index (χ1v) is 8.06. The fourth-order valence-corrected chi connectivity index (χ4v) is 2.69. The Labute approximate surface area is 141 Å². The number of aryl methyl sites for hydroxylation is 1. The van der Waals surface area contributed by atoms with E-state index in [-0.39, 0.29) is 0 Å². The average Bonchev–Trinajstić information content (AvgIpc) is 3.02. The number of nitrogen functional groups attached to an aromatic ring is 1. The maximum Gasteiger partial charge on any atom is 0.300 e. The first kappa shape index (κ1) is 17.9. The van der Waals surface area contributed by atoms with Crippen LogP contribution in [-0.2, 0) is 16.1 Å². The molecule has 0 aliphatic carbocycles. The maximum absolute atomic E-state index is 9.00. The molecule has 2 aromatic heterocycles. The maximum atomic E-state index is 9.00. The summed E-state index contributed by atoms with van der Waals surface area (Å²) in [5, 5.41) is 7.42. The highest BCUT2D eigenvalue weighted by molar-refractivity contribution is 5.63. The zero-order chi connectivity index (χ0) is 17.4. The second-order valence-electron chi connectivity index (χ2n) is 5.80. The fourth-order valence-electron chi connectivity index (χ4n) is 2.69. The van der Waals surface area contributed by atoms with Crippen molar-refractivity contribution in [3.63, 3.8) is 0 Å². The molecule has 24 heavy (non-hydrogen) atoms. The number of carbonyl (C=O) groups is 1. The lowest BCUT2D eigenvalue weighted by molar-refractivity contribution is -0.134. The van der Waals surface area contributed by atoms with E-state index in [0.717, 1.165) is 44.5 Å². The fraction of sp³-hybridized carbons (Fsp3) is 0.471. The Kier molecular flexibility index (Phi) is 6.74. The van der Waals surface area contributed by atoms with Gasteiger partial charge in [0, 0.05) is 50.8 Å². The summed E-state index contributed by atoms with van der Waals surface area (Å²) in [5.74, 6) is 1.31. The third kappa shape index (κ3) is 5.66. The molecule has 1 saturated heterocycles. The number of hydrogen-bond acceptors (Lipinski definition) is 5. The van der Waals surface area contributed by atoms with Gasteiger partial charge in [0.15, 0.2) is 0 Å². The van der Waals surface area contributed by atoms with E-state index in [1.807, 2.05) is 24.5 Å². The van der Waals surface area contributed by atoms with Crippen LogP contribution in [0.4, 0.5) is 5.82 Å². The summed E-state index contributed by atoms with van der Waals surface area (Å²) in [7, 11) is 0. The number of ether oxygens (including phenoxy) is 1. The first-order valence-electron chi connectivity index (χ1n) is 8.06. The van der Waals surface area contributed by atoms with Gasteiger partial charge in [0.1, 0.15) is 11.6 Å². The molecule has 0 spiro atoms. The van der Waals surface area contributed by atoms with Crippen molar-refractivity contribution in [1.82, 2.24) is 14.5 Å². The zero-order valence-corrected chi connectivity index (χ0v) is 13.9. The van der Waals surface area contributed by atoms with Crippen LogP contribution in [0.3, 0.4) is 0 Å². The molecule has 0 bridgehead atoms. The van der Waals surface area contributed by atoms with Gasteiger partial charge in [0.25, 0.3) is 5.97 Å². The number of pyridine rings is 1. The highest BCUT2D eigenvalue weighted by Crippen LogP contribution is 2.22. The van der Waals surface area contributed by atoms with E-state index in [1.54, 1.807) is 6.20 Å². The molecule has 130 valence electrons. The topological polar surface area (TPSA) is 103 Å². The van der Waals surface area contributed by atoms with Crippen LogP contribution in [-0.4, -0.2) is 38.8 Å². The van der Waals surface area contributed by atoms with Crippen molar-refractivity contribution >= 4 is 11.8 Å². The monoisotopic (exact) mass is 332 g/mol. The highest BCUT2D eigenvalue weighted by atomic mass is 16.5. The van der Waals surface area contributed by atoms with Gasteiger partial charge >= 0.3 is 0 Å². The van der Waals surface area contributed by atoms with Crippen molar-refractivity contribution in [2.75, 3.05) is 18.9 Å². The van der Waals surface area contributed by atoms with Crippen molar-refractivity contribution in [2.24, 2.45) is 5.92 Å². The van der Waals surface area contributed by atoms with Crippen molar-refractivity contribution in [1.29, 1.82) is 0 Å². The van der Waals surface area contributed by atoms with E-state index < -0.39 is 5.97 Å². The van der Waals surface area contributed by atoms with Gasteiger partial charge in [-0.2, -0.15) is 0 Å². The van der Waals surface area contributed by atoms with Crippen LogP contribution in [0.1, 0.15) is 26.2 Å². The molecule has 1 atom stereocenters. The number of aromatic nitrogens is 3. The molecule has 7 heteroatoms. The molecule has 0 radical (unpaired) electrons. The van der Waals surface area contributed by atoms with Gasteiger partial charge in [-0.05, 0) is 37.3 Å². The molecule has 0 amide bonds. The summed E-state index contributed by atoms with van der Waals surface area (Å²) in [4.78, 5) is 17.5. The molecule has 0 aromatic carbocycles. The Bertz CT molecular complexity index is 647. The number of aliphatic carboxylic acids is 1. The van der Waals surface area contributed by atoms with Gasteiger partial charge in [-0.15, -0.1) is 0 Å². The minimum atomic E-state index is -0.833. The second-order valence-corrected chi connectivity index (χ2v) is 5.80. The Morgan fingerprint density at radius 1 is 1.46 bits per heavy atom. The quantitative estimate of drug-likeness (QED) is 0.891. The highest BCUT2D eigenvalue weighted by Gasteiger charge is 2.14. The molecular weight excluding hydrogens is 308 g/mol. The summed E-state index contributed by atoms with van der Waals surface area (Å²) in [6.07, 6.45) is 9.16. The molecule has 2 aromatic rings. The Balaban J connectivity index is 0.000000471. The third-order valence-corrected chi connectivity index (χ3v) is 3.79. The van der Waals surface area contributed by atoms with E-state index in [0.29, 0.717) is 11.7 Å². The lowest BCUT2D eigenvalue weighted by Gasteiger charge is -2.22. The summed E-state index contributed by atoms with van der Waals surface area (Å²) in [6, 6.07) is 3.81. The summed E-state index contributed by atoms with van der Waals surface area (Å²) < 4.78 is 7.72. The van der Waals surface area contributed by atoms with Crippen molar-refractivity contribution in [3.05, 3.63) is 30.7 Å². The molecular formula is C17H24N4O3. The Morgan fingerprint density at radius 3 is 2.92 bits per heavy atom. The van der Waals surface area contributed by atoms with Crippen LogP contribution >= 0.6 is 0 Å². The van der Waals surface area contributed by atoms with Crippen molar-refractivity contribution in [3.8, 4) is 11.4 Å². The zero-order valence-electron chi connectivity index (χ0n) is 13.9. The van der Waals surface area contributed by atoms with Crippen LogP contribution in [0.5, 0.6) is 0 Å². The molecule has 1 aliphatic rings. The first-order chi connectivity index (χ1) is 11.6. The van der Waals surface area contributed by atoms with E-state index >= 15 is 0 Å². The lowest BCUT2D eigenvalue weighted by Crippen LogP contribution is -2.19. The van der Waals surface area contributed by atoms with E-state index in [9.17, 15) is 0 Å². The van der Waals surface area contributed by atoms with Crippen molar-refractivity contribution in [2.45, 2.75) is 32.7 Å². The minimum Gasteiger partial charge on any atom is -0.481 e. The number of hydrogen-bond donors (Lipinski definition) is 2. The molecule has 3 N–H and O–H groups in total. The van der Waals surface area contributed by atoms with Crippen LogP contribution in [0, 0.1) is 5.92 Å². The van der Waals surface area contributed by atoms with Gasteiger partial charge in [-0.25, -0.2) is 9.97 Å². The summed E-state index contributed by atoms with van der Waals surface area (Å²) >= 11 is 0. The SMILES string of the molecule is CC(=O)O.Nc1cc(-c2nccn2CCC2CCCOC2)ccn1.